The summed E-state index contributed by atoms with van der Waals surface area (Å²) in [4.78, 5) is 17.1. The molecule has 0 saturated carbocycles. The number of amides is 1. The zero-order valence-electron chi connectivity index (χ0n) is 17.6. The summed E-state index contributed by atoms with van der Waals surface area (Å²) in [5.41, 5.74) is 0.0544. The molecule has 4 rings (SSSR count). The Morgan fingerprint density at radius 1 is 1.12 bits per heavy atom. The van der Waals surface area contributed by atoms with Crippen LogP contribution in [-0.4, -0.2) is 43.2 Å². The second kappa shape index (κ2) is 9.59. The molecule has 2 N–H and O–H groups in total. The molecule has 0 spiro atoms. The average molecular weight is 543 g/mol. The molecule has 178 valence electrons. The number of nitrogens with one attached hydrogen (secondary N) is 1. The maximum Gasteiger partial charge on any atom is 0.266 e. The maximum absolute atomic E-state index is 13.6. The van der Waals surface area contributed by atoms with E-state index in [1.54, 1.807) is 19.1 Å². The van der Waals surface area contributed by atoms with E-state index >= 15 is 0 Å². The van der Waals surface area contributed by atoms with Crippen molar-refractivity contribution < 1.29 is 23.1 Å². The van der Waals surface area contributed by atoms with Crippen LogP contribution in [0.25, 0.3) is 0 Å². The Bertz CT molecular complexity index is 1350. The van der Waals surface area contributed by atoms with Gasteiger partial charge in [0.05, 0.1) is 33.2 Å². The number of benzene rings is 2. The zero-order chi connectivity index (χ0) is 24.6. The zero-order valence-corrected chi connectivity index (χ0v) is 20.7. The second-order valence-electron chi connectivity index (χ2n) is 7.41. The van der Waals surface area contributed by atoms with Crippen LogP contribution in [0.15, 0.2) is 59.5 Å². The van der Waals surface area contributed by atoms with E-state index in [4.69, 9.17) is 39.5 Å². The first-order valence-electron chi connectivity index (χ1n) is 9.97. The number of anilines is 2. The van der Waals surface area contributed by atoms with Crippen molar-refractivity contribution in [2.24, 2.45) is 0 Å². The fourth-order valence-electron chi connectivity index (χ4n) is 3.52. The normalized spacial score (nSPS) is 17.6. The summed E-state index contributed by atoms with van der Waals surface area (Å²) in [6, 6.07) is 12.5. The number of carbonyl (C=O) groups is 1. The molecule has 2 atom stereocenters. The van der Waals surface area contributed by atoms with E-state index in [1.807, 2.05) is 0 Å². The molecule has 2 aromatic carbocycles. The molecule has 2 heterocycles. The topological polar surface area (TPSA) is 109 Å². The van der Waals surface area contributed by atoms with Crippen LogP contribution in [0.5, 0.6) is 5.75 Å². The predicted octanol–water partition coefficient (Wildman–Crippen LogP) is 4.63. The van der Waals surface area contributed by atoms with Gasteiger partial charge < -0.3 is 15.2 Å². The summed E-state index contributed by atoms with van der Waals surface area (Å²) in [6.07, 6.45) is -0.842. The van der Waals surface area contributed by atoms with Crippen molar-refractivity contribution in [1.29, 1.82) is 0 Å². The summed E-state index contributed by atoms with van der Waals surface area (Å²) < 4.78 is 34.0. The van der Waals surface area contributed by atoms with Gasteiger partial charge in [0, 0.05) is 5.02 Å². The number of nitrogens with zero attached hydrogens (tertiary/aromatic N) is 2. The number of hydrogen-bond acceptors (Lipinski definition) is 6. The van der Waals surface area contributed by atoms with Crippen molar-refractivity contribution in [3.63, 3.8) is 0 Å². The Hall–Kier alpha value is -2.56. The van der Waals surface area contributed by atoms with Crippen LogP contribution in [0, 0.1) is 0 Å². The number of pyridine rings is 1. The monoisotopic (exact) mass is 541 g/mol. The minimum absolute atomic E-state index is 0.0456. The van der Waals surface area contributed by atoms with Crippen molar-refractivity contribution >= 4 is 62.4 Å². The molecule has 34 heavy (non-hydrogen) atoms. The highest BCUT2D eigenvalue weighted by Gasteiger charge is 2.41. The minimum atomic E-state index is -4.16. The number of aromatic nitrogens is 1. The predicted molar refractivity (Wildman–Crippen MR) is 131 cm³/mol. The molecule has 0 saturated heterocycles. The van der Waals surface area contributed by atoms with Gasteiger partial charge in [0.1, 0.15) is 11.9 Å². The molecule has 0 bridgehead atoms. The third-order valence-corrected chi connectivity index (χ3v) is 7.94. The minimum Gasteiger partial charge on any atom is -0.482 e. The van der Waals surface area contributed by atoms with Crippen LogP contribution in [0.1, 0.15) is 17.3 Å². The number of halogens is 3. The van der Waals surface area contributed by atoms with Gasteiger partial charge in [-0.1, -0.05) is 46.9 Å². The summed E-state index contributed by atoms with van der Waals surface area (Å²) >= 11 is 18.2. The van der Waals surface area contributed by atoms with Gasteiger partial charge in [-0.15, -0.1) is 0 Å². The Balaban J connectivity index is 1.77. The number of rotatable bonds is 5. The molecule has 2 unspecified atom stereocenters. The number of carbonyl (C=O) groups excluding carboxylic acids is 1. The van der Waals surface area contributed by atoms with Gasteiger partial charge in [-0.25, -0.2) is 17.7 Å². The van der Waals surface area contributed by atoms with Crippen LogP contribution in [0.4, 0.5) is 11.6 Å². The smallest absolute Gasteiger partial charge is 0.266 e. The number of hydrogen-bond donors (Lipinski definition) is 2. The van der Waals surface area contributed by atoms with Crippen LogP contribution in [0.2, 0.25) is 15.1 Å². The maximum atomic E-state index is 13.6. The lowest BCUT2D eigenvalue weighted by atomic mass is 10.1. The molecule has 1 amide bonds. The quantitative estimate of drug-likeness (QED) is 0.487. The molecular weight excluding hydrogens is 525 g/mol. The summed E-state index contributed by atoms with van der Waals surface area (Å²) in [5.74, 6) is -0.508. The van der Waals surface area contributed by atoms with E-state index in [2.05, 4.69) is 10.3 Å². The molecule has 0 fully saturated rings. The van der Waals surface area contributed by atoms with Crippen molar-refractivity contribution in [2.45, 2.75) is 24.0 Å². The molecule has 12 heteroatoms. The molecular formula is C22H18Cl3N3O5S. The second-order valence-corrected chi connectivity index (χ2v) is 10.5. The van der Waals surface area contributed by atoms with E-state index < -0.39 is 34.7 Å². The van der Waals surface area contributed by atoms with Gasteiger partial charge in [-0.3, -0.25) is 4.79 Å². The third kappa shape index (κ3) is 4.54. The highest BCUT2D eigenvalue weighted by molar-refractivity contribution is 7.92. The largest absolute Gasteiger partial charge is 0.482 e. The molecule has 0 radical (unpaired) electrons. The van der Waals surface area contributed by atoms with E-state index in [-0.39, 0.29) is 42.9 Å². The van der Waals surface area contributed by atoms with Crippen LogP contribution in [-0.2, 0) is 10.0 Å². The van der Waals surface area contributed by atoms with Crippen molar-refractivity contribution in [3.05, 3.63) is 75.2 Å². The first kappa shape index (κ1) is 24.6. The van der Waals surface area contributed by atoms with Crippen LogP contribution in [0.3, 0.4) is 0 Å². The Kier molecular flexibility index (Phi) is 6.93. The molecule has 0 aliphatic carbocycles. The number of fused-ring (bicyclic) bond motifs is 1. The number of aliphatic hydroxyl groups is 1. The Morgan fingerprint density at radius 3 is 2.44 bits per heavy atom. The first-order chi connectivity index (χ1) is 16.1. The average Bonchev–Trinajstić information content (AvgIpc) is 2.78. The highest BCUT2D eigenvalue weighted by Crippen LogP contribution is 2.39. The highest BCUT2D eigenvalue weighted by atomic mass is 35.5. The van der Waals surface area contributed by atoms with E-state index in [9.17, 15) is 18.3 Å². The van der Waals surface area contributed by atoms with E-state index in [0.717, 1.165) is 4.31 Å². The summed E-state index contributed by atoms with van der Waals surface area (Å²) in [6.45, 7) is 1.16. The van der Waals surface area contributed by atoms with Crippen LogP contribution < -0.4 is 14.4 Å². The van der Waals surface area contributed by atoms with Gasteiger partial charge in [-0.05, 0) is 49.4 Å². The summed E-state index contributed by atoms with van der Waals surface area (Å²) in [7, 11) is -4.16. The Morgan fingerprint density at radius 2 is 1.79 bits per heavy atom. The molecule has 3 aromatic rings. The Labute approximate surface area is 211 Å². The third-order valence-electron chi connectivity index (χ3n) is 5.20. The van der Waals surface area contributed by atoms with E-state index in [1.165, 1.54) is 42.5 Å². The lowest BCUT2D eigenvalue weighted by Gasteiger charge is -2.39. The lowest BCUT2D eigenvalue weighted by Crippen LogP contribution is -2.52. The van der Waals surface area contributed by atoms with E-state index in [0.29, 0.717) is 0 Å². The van der Waals surface area contributed by atoms with Crippen molar-refractivity contribution in [3.8, 4) is 5.75 Å². The molecule has 1 aromatic heterocycles. The molecule has 1 aliphatic rings. The van der Waals surface area contributed by atoms with Crippen LogP contribution >= 0.6 is 34.8 Å². The van der Waals surface area contributed by atoms with Crippen molar-refractivity contribution in [1.82, 2.24) is 4.98 Å². The fourth-order valence-corrected chi connectivity index (χ4v) is 6.03. The van der Waals surface area contributed by atoms with Gasteiger partial charge in [-0.2, -0.15) is 0 Å². The SMILES string of the molecule is CC1C(CO)Oc2ccc(NC(=O)c3c(Cl)cccc3Cl)nc2N1S(=O)(=O)c1cccc(Cl)c1. The standard InChI is InChI=1S/C22H18Cl3N3O5S/c1-12-18(11-29)33-17-8-9-19(27-22(30)20-15(24)6-3-7-16(20)25)26-21(17)28(12)34(31,32)14-5-2-4-13(23)10-14/h2-10,12,18,29H,11H2,1H3,(H,26,27,30). The fraction of sp³-hybridized carbons (Fsp3) is 0.182. The first-order valence-corrected chi connectivity index (χ1v) is 12.5. The molecule has 8 nitrogen and oxygen atoms in total. The van der Waals surface area contributed by atoms with Gasteiger partial charge in [0.15, 0.2) is 11.6 Å². The van der Waals surface area contributed by atoms with Gasteiger partial charge in [0.25, 0.3) is 15.9 Å². The number of ether oxygens (including phenoxy) is 1. The summed E-state index contributed by atoms with van der Waals surface area (Å²) in [5, 5.41) is 12.9. The lowest BCUT2D eigenvalue weighted by molar-refractivity contribution is 0.0917. The number of aliphatic hydroxyl groups excluding tert-OH is 1. The van der Waals surface area contributed by atoms with Gasteiger partial charge in [0.2, 0.25) is 0 Å². The van der Waals surface area contributed by atoms with Gasteiger partial charge >= 0.3 is 0 Å². The molecule has 1 aliphatic heterocycles. The van der Waals surface area contributed by atoms with Crippen molar-refractivity contribution in [2.75, 3.05) is 16.2 Å². The number of sulfonamides is 1.